The van der Waals surface area contributed by atoms with Crippen molar-refractivity contribution >= 4 is 15.9 Å². The highest BCUT2D eigenvalue weighted by Gasteiger charge is 2.45. The maximum absolute atomic E-state index is 13.5. The Morgan fingerprint density at radius 3 is 2.48 bits per heavy atom. The van der Waals surface area contributed by atoms with Gasteiger partial charge in [-0.15, -0.1) is 5.10 Å². The number of hydrogen-bond donors (Lipinski definition) is 2. The molecule has 0 saturated heterocycles. The number of aromatic nitrogens is 2. The van der Waals surface area contributed by atoms with Crippen LogP contribution in [0, 0.1) is 11.3 Å². The summed E-state index contributed by atoms with van der Waals surface area (Å²) < 4.78 is 56.4. The summed E-state index contributed by atoms with van der Waals surface area (Å²) in [4.78, 5) is 0. The van der Waals surface area contributed by atoms with Crippen molar-refractivity contribution in [1.29, 1.82) is 5.26 Å². The normalized spacial score (nSPS) is 16.4. The van der Waals surface area contributed by atoms with Gasteiger partial charge >= 0.3 is 6.18 Å². The highest BCUT2D eigenvalue weighted by Crippen LogP contribution is 2.49. The fourth-order valence-electron chi connectivity index (χ4n) is 2.86. The molecule has 0 spiro atoms. The van der Waals surface area contributed by atoms with Crippen molar-refractivity contribution in [1.82, 2.24) is 10.2 Å². The van der Waals surface area contributed by atoms with Crippen molar-refractivity contribution in [2.75, 3.05) is 14.2 Å². The van der Waals surface area contributed by atoms with Gasteiger partial charge in [-0.3, -0.25) is 5.10 Å². The molecule has 7 nitrogen and oxygen atoms in total. The van der Waals surface area contributed by atoms with E-state index >= 15 is 0 Å². The van der Waals surface area contributed by atoms with Crippen LogP contribution in [0.1, 0.15) is 22.7 Å². The zero-order valence-electron chi connectivity index (χ0n) is 13.9. The van der Waals surface area contributed by atoms with E-state index in [0.717, 1.165) is 0 Å². The fourth-order valence-corrected chi connectivity index (χ4v) is 3.41. The van der Waals surface area contributed by atoms with Gasteiger partial charge in [0, 0.05) is 4.47 Å². The summed E-state index contributed by atoms with van der Waals surface area (Å²) in [5, 5.41) is 15.0. The molecule has 27 heavy (non-hydrogen) atoms. The first-order valence-corrected chi connectivity index (χ1v) is 8.16. The molecule has 11 heteroatoms. The number of benzene rings is 1. The van der Waals surface area contributed by atoms with E-state index in [1.54, 1.807) is 0 Å². The predicted octanol–water partition coefficient (Wildman–Crippen LogP) is 3.43. The number of nitrogens with two attached hydrogens (primary N) is 1. The van der Waals surface area contributed by atoms with E-state index in [1.807, 2.05) is 11.2 Å². The minimum atomic E-state index is -4.74. The number of alkyl halides is 3. The second-order valence-corrected chi connectivity index (χ2v) is 6.32. The van der Waals surface area contributed by atoms with Crippen molar-refractivity contribution in [2.45, 2.75) is 12.1 Å². The van der Waals surface area contributed by atoms with Crippen molar-refractivity contribution < 1.29 is 27.4 Å². The second kappa shape index (κ2) is 6.70. The smallest absolute Gasteiger partial charge is 0.433 e. The van der Waals surface area contributed by atoms with E-state index in [1.165, 1.54) is 26.4 Å². The molecule has 1 aliphatic rings. The number of H-pyrrole nitrogens is 1. The van der Waals surface area contributed by atoms with E-state index in [-0.39, 0.29) is 28.6 Å². The molecule has 0 radical (unpaired) electrons. The highest BCUT2D eigenvalue weighted by molar-refractivity contribution is 9.10. The molecule has 0 aliphatic carbocycles. The Bertz CT molecular complexity index is 979. The Kier molecular flexibility index (Phi) is 4.69. The van der Waals surface area contributed by atoms with Crippen LogP contribution in [0.15, 0.2) is 28.1 Å². The summed E-state index contributed by atoms with van der Waals surface area (Å²) >= 11 is 3.32. The van der Waals surface area contributed by atoms with Crippen LogP contribution < -0.4 is 19.9 Å². The van der Waals surface area contributed by atoms with Gasteiger partial charge in [0.15, 0.2) is 11.5 Å². The molecule has 1 unspecified atom stereocenters. The Labute approximate surface area is 159 Å². The van der Waals surface area contributed by atoms with E-state index < -0.39 is 17.8 Å². The number of fused-ring (bicyclic) bond motifs is 1. The maximum Gasteiger partial charge on any atom is 0.433 e. The van der Waals surface area contributed by atoms with Crippen molar-refractivity contribution in [3.8, 4) is 23.4 Å². The zero-order valence-corrected chi connectivity index (χ0v) is 15.5. The summed E-state index contributed by atoms with van der Waals surface area (Å²) in [6.45, 7) is 0. The van der Waals surface area contributed by atoms with Gasteiger partial charge in [-0.1, -0.05) is 15.9 Å². The molecule has 3 rings (SSSR count). The quantitative estimate of drug-likeness (QED) is 0.750. The zero-order chi connectivity index (χ0) is 19.9. The molecular weight excluding hydrogens is 433 g/mol. The molecule has 0 amide bonds. The summed E-state index contributed by atoms with van der Waals surface area (Å²) in [5.41, 5.74) is 4.43. The standard InChI is InChI=1S/C16H12BrF3N4O3/c1-25-9-3-6(8(17)4-10(9)26-2)11-7(5-21)14(22)27-15-12(11)13(23-24-15)16(18,19)20/h3-4,11H,22H2,1-2H3,(H,23,24). The lowest BCUT2D eigenvalue weighted by Crippen LogP contribution is -2.23. The molecule has 1 aromatic carbocycles. The molecule has 0 bridgehead atoms. The van der Waals surface area contributed by atoms with Crippen LogP contribution in [-0.2, 0) is 6.18 Å². The number of nitriles is 1. The highest BCUT2D eigenvalue weighted by atomic mass is 79.9. The second-order valence-electron chi connectivity index (χ2n) is 5.47. The molecule has 0 saturated carbocycles. The van der Waals surface area contributed by atoms with Crippen LogP contribution in [0.4, 0.5) is 13.2 Å². The van der Waals surface area contributed by atoms with Gasteiger partial charge < -0.3 is 19.9 Å². The lowest BCUT2D eigenvalue weighted by atomic mass is 9.83. The average Bonchev–Trinajstić information content (AvgIpc) is 3.04. The summed E-state index contributed by atoms with van der Waals surface area (Å²) in [5.74, 6) is -1.21. The molecule has 2 heterocycles. The van der Waals surface area contributed by atoms with Crippen LogP contribution in [0.25, 0.3) is 0 Å². The summed E-state index contributed by atoms with van der Waals surface area (Å²) in [7, 11) is 2.81. The van der Waals surface area contributed by atoms with Crippen LogP contribution in [0.5, 0.6) is 17.4 Å². The Balaban J connectivity index is 2.32. The molecule has 1 aliphatic heterocycles. The van der Waals surface area contributed by atoms with E-state index in [9.17, 15) is 18.4 Å². The molecular formula is C16H12BrF3N4O3. The molecule has 142 valence electrons. The largest absolute Gasteiger partial charge is 0.493 e. The van der Waals surface area contributed by atoms with Gasteiger partial charge in [-0.25, -0.2) is 0 Å². The number of rotatable bonds is 3. The van der Waals surface area contributed by atoms with E-state index in [2.05, 4.69) is 21.0 Å². The number of allylic oxidation sites excluding steroid dienone is 1. The van der Waals surface area contributed by atoms with Gasteiger partial charge in [0.25, 0.3) is 0 Å². The first-order chi connectivity index (χ1) is 12.7. The molecule has 1 aromatic heterocycles. The first kappa shape index (κ1) is 18.9. The average molecular weight is 445 g/mol. The first-order valence-electron chi connectivity index (χ1n) is 7.37. The molecule has 3 N–H and O–H groups in total. The SMILES string of the molecule is COc1cc(Br)c(C2C(C#N)=C(N)Oc3n[nH]c(C(F)(F)F)c32)cc1OC. The van der Waals surface area contributed by atoms with Gasteiger partial charge in [0.2, 0.25) is 11.8 Å². The van der Waals surface area contributed by atoms with Gasteiger partial charge in [0.05, 0.1) is 25.7 Å². The fraction of sp³-hybridized carbons (Fsp3) is 0.250. The van der Waals surface area contributed by atoms with Gasteiger partial charge in [-0.2, -0.15) is 18.4 Å². The Hall–Kier alpha value is -2.87. The predicted molar refractivity (Wildman–Crippen MR) is 90.1 cm³/mol. The number of aromatic amines is 1. The van der Waals surface area contributed by atoms with Crippen molar-refractivity contribution in [3.05, 3.63) is 44.9 Å². The number of ether oxygens (including phenoxy) is 3. The molecule has 1 atom stereocenters. The third-order valence-electron chi connectivity index (χ3n) is 4.04. The van der Waals surface area contributed by atoms with Gasteiger partial charge in [0.1, 0.15) is 17.3 Å². The third kappa shape index (κ3) is 3.06. The van der Waals surface area contributed by atoms with E-state index in [4.69, 9.17) is 19.9 Å². The van der Waals surface area contributed by atoms with Crippen molar-refractivity contribution in [2.24, 2.45) is 5.73 Å². The topological polar surface area (TPSA) is 106 Å². The maximum atomic E-state index is 13.5. The number of nitrogens with zero attached hydrogens (tertiary/aromatic N) is 2. The monoisotopic (exact) mass is 444 g/mol. The van der Waals surface area contributed by atoms with Crippen LogP contribution in [0.2, 0.25) is 0 Å². The lowest BCUT2D eigenvalue weighted by Gasteiger charge is -2.26. The molecule has 2 aromatic rings. The lowest BCUT2D eigenvalue weighted by molar-refractivity contribution is -0.141. The minimum Gasteiger partial charge on any atom is -0.493 e. The number of halogens is 4. The number of hydrogen-bond acceptors (Lipinski definition) is 6. The van der Waals surface area contributed by atoms with Crippen molar-refractivity contribution in [3.63, 3.8) is 0 Å². The van der Waals surface area contributed by atoms with Gasteiger partial charge in [-0.05, 0) is 17.7 Å². The third-order valence-corrected chi connectivity index (χ3v) is 4.72. The minimum absolute atomic E-state index is 0.178. The number of nitrogens with one attached hydrogen (secondary N) is 1. The Morgan fingerprint density at radius 2 is 1.93 bits per heavy atom. The van der Waals surface area contributed by atoms with Crippen LogP contribution in [-0.4, -0.2) is 24.4 Å². The number of methoxy groups -OCH3 is 2. The summed E-state index contributed by atoms with van der Waals surface area (Å²) in [6, 6.07) is 4.83. The molecule has 0 fully saturated rings. The van der Waals surface area contributed by atoms with E-state index in [0.29, 0.717) is 15.8 Å². The Morgan fingerprint density at radius 1 is 1.30 bits per heavy atom. The van der Waals surface area contributed by atoms with Crippen LogP contribution in [0.3, 0.4) is 0 Å². The van der Waals surface area contributed by atoms with Crippen LogP contribution >= 0.6 is 15.9 Å². The summed E-state index contributed by atoms with van der Waals surface area (Å²) in [6.07, 6.45) is -4.74.